The highest BCUT2D eigenvalue weighted by Gasteiger charge is 2.02. The van der Waals surface area contributed by atoms with Crippen LogP contribution in [0.2, 0.25) is 5.02 Å². The SMILES string of the molecule is O=C(O)NN=C(CO)c1ccc(Cl)cc1. The molecule has 0 aliphatic rings. The largest absolute Gasteiger partial charge is 0.464 e. The normalized spacial score (nSPS) is 11.2. The van der Waals surface area contributed by atoms with Crippen molar-refractivity contribution in [3.05, 3.63) is 34.9 Å². The third-order valence-electron chi connectivity index (χ3n) is 1.61. The minimum absolute atomic E-state index is 0.231. The molecule has 0 saturated heterocycles. The molecule has 0 aliphatic heterocycles. The first kappa shape index (κ1) is 11.5. The Kier molecular flexibility index (Phi) is 4.08. The van der Waals surface area contributed by atoms with E-state index < -0.39 is 6.09 Å². The van der Waals surface area contributed by atoms with Gasteiger partial charge in [-0.25, -0.2) is 10.2 Å². The fraction of sp³-hybridized carbons (Fsp3) is 0.111. The van der Waals surface area contributed by atoms with Crippen LogP contribution in [0.3, 0.4) is 0 Å². The van der Waals surface area contributed by atoms with Crippen molar-refractivity contribution < 1.29 is 15.0 Å². The first-order valence-corrected chi connectivity index (χ1v) is 4.43. The molecule has 0 aliphatic carbocycles. The van der Waals surface area contributed by atoms with Crippen molar-refractivity contribution in [2.75, 3.05) is 6.61 Å². The van der Waals surface area contributed by atoms with Crippen LogP contribution in [0, 0.1) is 0 Å². The van der Waals surface area contributed by atoms with Gasteiger partial charge in [0.1, 0.15) is 0 Å². The van der Waals surface area contributed by atoms with Crippen molar-refractivity contribution in [1.82, 2.24) is 5.43 Å². The molecule has 6 heteroatoms. The average molecular weight is 229 g/mol. The van der Waals surface area contributed by atoms with Crippen LogP contribution in [-0.2, 0) is 0 Å². The Bertz CT molecular complexity index is 375. The summed E-state index contributed by atoms with van der Waals surface area (Å²) in [6.07, 6.45) is -1.28. The number of hydrogen-bond acceptors (Lipinski definition) is 3. The van der Waals surface area contributed by atoms with Crippen LogP contribution in [0.5, 0.6) is 0 Å². The number of hydrazone groups is 1. The molecule has 1 aromatic carbocycles. The molecule has 0 atom stereocenters. The first-order valence-electron chi connectivity index (χ1n) is 4.06. The molecule has 0 fully saturated rings. The number of carboxylic acid groups (broad SMARTS) is 1. The molecule has 3 N–H and O–H groups in total. The van der Waals surface area contributed by atoms with E-state index in [4.69, 9.17) is 21.8 Å². The third kappa shape index (κ3) is 3.57. The molecule has 15 heavy (non-hydrogen) atoms. The maximum absolute atomic E-state index is 10.2. The van der Waals surface area contributed by atoms with E-state index in [2.05, 4.69) is 5.10 Å². The van der Waals surface area contributed by atoms with Gasteiger partial charge in [0.25, 0.3) is 0 Å². The fourth-order valence-corrected chi connectivity index (χ4v) is 1.07. The van der Waals surface area contributed by atoms with Gasteiger partial charge in [-0.1, -0.05) is 23.7 Å². The lowest BCUT2D eigenvalue weighted by Gasteiger charge is -2.02. The number of nitrogens with one attached hydrogen (secondary N) is 1. The Balaban J connectivity index is 2.87. The van der Waals surface area contributed by atoms with E-state index in [0.717, 1.165) is 0 Å². The quantitative estimate of drug-likeness (QED) is 0.539. The van der Waals surface area contributed by atoms with Gasteiger partial charge < -0.3 is 10.2 Å². The number of nitrogens with zero attached hydrogens (tertiary/aromatic N) is 1. The van der Waals surface area contributed by atoms with E-state index >= 15 is 0 Å². The monoisotopic (exact) mass is 228 g/mol. The van der Waals surface area contributed by atoms with Gasteiger partial charge in [-0.3, -0.25) is 0 Å². The number of carbonyl (C=O) groups is 1. The third-order valence-corrected chi connectivity index (χ3v) is 1.87. The second kappa shape index (κ2) is 5.33. The fourth-order valence-electron chi connectivity index (χ4n) is 0.949. The summed E-state index contributed by atoms with van der Waals surface area (Å²) in [6.45, 7) is -0.359. The molecule has 1 aromatic rings. The standard InChI is InChI=1S/C9H9ClN2O3/c10-7-3-1-6(2-4-7)8(5-13)11-12-9(14)15/h1-4,12-13H,5H2,(H,14,15). The Morgan fingerprint density at radius 2 is 2.00 bits per heavy atom. The number of aliphatic hydroxyl groups is 1. The summed E-state index contributed by atoms with van der Waals surface area (Å²) in [7, 11) is 0. The summed E-state index contributed by atoms with van der Waals surface area (Å²) in [6, 6.07) is 6.54. The van der Waals surface area contributed by atoms with E-state index in [1.165, 1.54) is 0 Å². The number of benzene rings is 1. The van der Waals surface area contributed by atoms with Crippen molar-refractivity contribution in [1.29, 1.82) is 0 Å². The van der Waals surface area contributed by atoms with Crippen LogP contribution >= 0.6 is 11.6 Å². The van der Waals surface area contributed by atoms with Crippen LogP contribution in [0.25, 0.3) is 0 Å². The predicted molar refractivity (Wildman–Crippen MR) is 56.2 cm³/mol. The van der Waals surface area contributed by atoms with E-state index in [-0.39, 0.29) is 12.3 Å². The molecule has 80 valence electrons. The lowest BCUT2D eigenvalue weighted by Crippen LogP contribution is -2.19. The summed E-state index contributed by atoms with van der Waals surface area (Å²) in [5.41, 5.74) is 2.66. The zero-order valence-corrected chi connectivity index (χ0v) is 8.40. The Morgan fingerprint density at radius 1 is 1.40 bits per heavy atom. The lowest BCUT2D eigenvalue weighted by molar-refractivity contribution is 0.195. The molecule has 0 spiro atoms. The molecule has 0 unspecified atom stereocenters. The van der Waals surface area contributed by atoms with E-state index in [1.54, 1.807) is 24.3 Å². The van der Waals surface area contributed by atoms with Gasteiger partial charge in [-0.15, -0.1) is 0 Å². The predicted octanol–water partition coefficient (Wildman–Crippen LogP) is 1.30. The van der Waals surface area contributed by atoms with Gasteiger partial charge in [-0.05, 0) is 12.1 Å². The summed E-state index contributed by atoms with van der Waals surface area (Å²) in [5, 5.41) is 21.4. The summed E-state index contributed by atoms with van der Waals surface area (Å²) >= 11 is 5.67. The van der Waals surface area contributed by atoms with Crippen LogP contribution in [0.1, 0.15) is 5.56 Å². The van der Waals surface area contributed by atoms with Crippen molar-refractivity contribution in [3.63, 3.8) is 0 Å². The van der Waals surface area contributed by atoms with Gasteiger partial charge in [0, 0.05) is 10.6 Å². The molecule has 0 saturated carbocycles. The van der Waals surface area contributed by atoms with Crippen LogP contribution in [0.4, 0.5) is 4.79 Å². The van der Waals surface area contributed by atoms with E-state index in [0.29, 0.717) is 10.6 Å². The summed E-state index contributed by atoms with van der Waals surface area (Å²) < 4.78 is 0. The van der Waals surface area contributed by atoms with Gasteiger partial charge >= 0.3 is 6.09 Å². The highest BCUT2D eigenvalue weighted by Crippen LogP contribution is 2.10. The molecular formula is C9H9ClN2O3. The highest BCUT2D eigenvalue weighted by atomic mass is 35.5. The van der Waals surface area contributed by atoms with Crippen LogP contribution in [0.15, 0.2) is 29.4 Å². The number of halogens is 1. The smallest absolute Gasteiger partial charge is 0.425 e. The number of rotatable bonds is 3. The van der Waals surface area contributed by atoms with Crippen molar-refractivity contribution >= 4 is 23.4 Å². The van der Waals surface area contributed by atoms with Gasteiger partial charge in [-0.2, -0.15) is 5.10 Å². The first-order chi connectivity index (χ1) is 7.13. The zero-order chi connectivity index (χ0) is 11.3. The van der Waals surface area contributed by atoms with Crippen molar-refractivity contribution in [3.8, 4) is 0 Å². The van der Waals surface area contributed by atoms with E-state index in [9.17, 15) is 4.79 Å². The molecule has 0 heterocycles. The maximum Gasteiger partial charge on any atom is 0.425 e. The van der Waals surface area contributed by atoms with E-state index in [1.807, 2.05) is 5.43 Å². The lowest BCUT2D eigenvalue weighted by atomic mass is 10.1. The summed E-state index contributed by atoms with van der Waals surface area (Å²) in [4.78, 5) is 10.2. The molecule has 0 aromatic heterocycles. The Hall–Kier alpha value is -1.59. The van der Waals surface area contributed by atoms with Gasteiger partial charge in [0.2, 0.25) is 0 Å². The average Bonchev–Trinajstić information content (AvgIpc) is 2.21. The zero-order valence-electron chi connectivity index (χ0n) is 7.64. The number of aliphatic hydroxyl groups excluding tert-OH is 1. The topological polar surface area (TPSA) is 81.9 Å². The van der Waals surface area contributed by atoms with Crippen LogP contribution < -0.4 is 5.43 Å². The molecule has 0 radical (unpaired) electrons. The van der Waals surface area contributed by atoms with Crippen molar-refractivity contribution in [2.45, 2.75) is 0 Å². The number of amides is 1. The maximum atomic E-state index is 10.2. The number of hydrogen-bond donors (Lipinski definition) is 3. The molecule has 1 rings (SSSR count). The minimum Gasteiger partial charge on any atom is -0.464 e. The molecular weight excluding hydrogens is 220 g/mol. The van der Waals surface area contributed by atoms with Gasteiger partial charge in [0.15, 0.2) is 0 Å². The molecule has 0 bridgehead atoms. The van der Waals surface area contributed by atoms with Crippen molar-refractivity contribution in [2.24, 2.45) is 5.10 Å². The Morgan fingerprint density at radius 3 is 2.47 bits per heavy atom. The second-order valence-electron chi connectivity index (χ2n) is 2.64. The van der Waals surface area contributed by atoms with Gasteiger partial charge in [0.05, 0.1) is 12.3 Å². The highest BCUT2D eigenvalue weighted by molar-refractivity contribution is 6.30. The molecule has 1 amide bonds. The second-order valence-corrected chi connectivity index (χ2v) is 3.08. The molecule has 5 nitrogen and oxygen atoms in total. The Labute approximate surface area is 91.0 Å². The minimum atomic E-state index is -1.28. The summed E-state index contributed by atoms with van der Waals surface area (Å²) in [5.74, 6) is 0. The van der Waals surface area contributed by atoms with Crippen LogP contribution in [-0.4, -0.2) is 28.6 Å².